The Kier molecular flexibility index (Phi) is 12.6. The average molecular weight is 543 g/mol. The number of nitriles is 2. The van der Waals surface area contributed by atoms with E-state index in [0.717, 1.165) is 0 Å². The minimum atomic E-state index is -4.56. The van der Waals surface area contributed by atoms with Crippen LogP contribution in [0, 0.1) is 35.8 Å². The number of hydrogen-bond donors (Lipinski definition) is 4. The quantitative estimate of drug-likeness (QED) is 0.151. The average Bonchev–Trinajstić information content (AvgIpc) is 2.80. The molecule has 0 heterocycles. The smallest absolute Gasteiger partial charge is 0.397 e. The van der Waals surface area contributed by atoms with Crippen molar-refractivity contribution in [2.24, 2.45) is 0 Å². The number of ether oxygens (including phenoxy) is 2. The first kappa shape index (κ1) is 30.6. The van der Waals surface area contributed by atoms with Crippen LogP contribution in [0.4, 0.5) is 0 Å². The van der Waals surface area contributed by atoms with Crippen molar-refractivity contribution in [2.75, 3.05) is 26.4 Å². The largest absolute Gasteiger partial charge is 0.494 e. The minimum absolute atomic E-state index is 0.0118. The molecule has 0 fully saturated rings. The maximum atomic E-state index is 10.6. The van der Waals surface area contributed by atoms with Gasteiger partial charge in [0, 0.05) is 10.4 Å². The Bertz CT molecular complexity index is 1280. The van der Waals surface area contributed by atoms with Gasteiger partial charge >= 0.3 is 10.4 Å². The van der Waals surface area contributed by atoms with Gasteiger partial charge in [-0.15, -0.1) is 0 Å². The molecule has 0 bridgehead atoms. The topological polar surface area (TPSA) is 208 Å². The zero-order valence-electron chi connectivity index (χ0n) is 18.7. The van der Waals surface area contributed by atoms with Gasteiger partial charge in [-0.2, -0.15) is 8.42 Å². The van der Waals surface area contributed by atoms with Crippen LogP contribution in [-0.2, 0) is 18.8 Å². The lowest BCUT2D eigenvalue weighted by molar-refractivity contribution is 0.193. The summed E-state index contributed by atoms with van der Waals surface area (Å²) in [7, 11) is -4.56. The summed E-state index contributed by atoms with van der Waals surface area (Å²) in [6, 6.07) is 6.03. The van der Waals surface area contributed by atoms with E-state index in [9.17, 15) is 18.9 Å². The van der Waals surface area contributed by atoms with Gasteiger partial charge in [0.05, 0.1) is 51.7 Å². The maximum absolute atomic E-state index is 10.6. The third kappa shape index (κ3) is 11.3. The van der Waals surface area contributed by atoms with Gasteiger partial charge in [0.15, 0.2) is 0 Å². The van der Waals surface area contributed by atoms with Crippen molar-refractivity contribution in [3.05, 3.63) is 45.4 Å². The third-order valence-corrected chi connectivity index (χ3v) is 5.04. The summed E-state index contributed by atoms with van der Waals surface area (Å²) in [5.74, 6) is 0.0359. The highest BCUT2D eigenvalue weighted by atomic mass is 32.3. The molecule has 16 heteroatoms. The van der Waals surface area contributed by atoms with Crippen LogP contribution in [0.1, 0.15) is 25.7 Å². The van der Waals surface area contributed by atoms with Crippen LogP contribution in [0.25, 0.3) is 21.1 Å². The summed E-state index contributed by atoms with van der Waals surface area (Å²) in [6.07, 6.45) is 1.02. The highest BCUT2D eigenvalue weighted by molar-refractivity contribution is 8.15. The van der Waals surface area contributed by atoms with Crippen molar-refractivity contribution >= 4 is 32.9 Å². The Morgan fingerprint density at radius 1 is 0.778 bits per heavy atom. The van der Waals surface area contributed by atoms with Crippen molar-refractivity contribution in [3.8, 4) is 23.6 Å². The Labute approximate surface area is 209 Å². The number of hydrogen-bond acceptors (Lipinski definition) is 11. The van der Waals surface area contributed by atoms with Crippen LogP contribution in [0.2, 0.25) is 0 Å². The van der Waals surface area contributed by atoms with Crippen LogP contribution >= 0.6 is 11.2 Å². The van der Waals surface area contributed by atoms with Gasteiger partial charge in [-0.25, -0.2) is 24.4 Å². The molecule has 1 aromatic carbocycles. The molecule has 0 aromatic heterocycles. The molecule has 0 unspecified atom stereocenters. The van der Waals surface area contributed by atoms with Gasteiger partial charge in [0.2, 0.25) is 11.2 Å². The molecule has 0 saturated heterocycles. The lowest BCUT2D eigenvalue weighted by Crippen LogP contribution is -2.20. The molecule has 0 radical (unpaired) electrons. The normalized spacial score (nSPS) is 13.3. The Hall–Kier alpha value is -3.42. The molecule has 1 rings (SSSR count). The number of benzene rings is 1. The molecule has 0 saturated carbocycles. The molecule has 0 atom stereocenters. The Morgan fingerprint density at radius 2 is 1.17 bits per heavy atom. The lowest BCUT2D eigenvalue weighted by Gasteiger charge is -2.17. The van der Waals surface area contributed by atoms with E-state index in [-0.39, 0.29) is 79.0 Å². The molecule has 14 nitrogen and oxygen atoms in total. The predicted octanol–water partition coefficient (Wildman–Crippen LogP) is 2.08. The molecular weight excluding hydrogens is 520 g/mol. The minimum Gasteiger partial charge on any atom is -0.494 e. The third-order valence-electron chi connectivity index (χ3n) is 4.09. The number of nitrogens with zero attached hydrogens (tertiary/aromatic N) is 4. The van der Waals surface area contributed by atoms with E-state index in [1.165, 1.54) is 12.1 Å². The van der Waals surface area contributed by atoms with Gasteiger partial charge in [0.1, 0.15) is 11.5 Å². The first-order chi connectivity index (χ1) is 17.0. The van der Waals surface area contributed by atoms with E-state index in [4.69, 9.17) is 40.8 Å². The predicted molar refractivity (Wildman–Crippen MR) is 125 cm³/mol. The van der Waals surface area contributed by atoms with Gasteiger partial charge in [0.25, 0.3) is 11.4 Å². The SMILES string of the molecule is [C-]#[N+]/C(C#N)=c1/cc(OCCCCOS(=O)(=O)O)/c(=C(\C#N)[N+]#[C-])cc1OCCCCOS(O)(O)O. The summed E-state index contributed by atoms with van der Waals surface area (Å²) < 4.78 is 75.9. The second-order valence-electron chi connectivity index (χ2n) is 6.64. The van der Waals surface area contributed by atoms with Crippen LogP contribution in [-0.4, -0.2) is 53.1 Å². The molecule has 1 aromatic rings. The number of rotatable bonds is 14. The maximum Gasteiger partial charge on any atom is 0.397 e. The summed E-state index contributed by atoms with van der Waals surface area (Å²) in [6.45, 7) is 14.1. The lowest BCUT2D eigenvalue weighted by atomic mass is 10.1. The highest BCUT2D eigenvalue weighted by Crippen LogP contribution is 2.33. The highest BCUT2D eigenvalue weighted by Gasteiger charge is 2.13. The van der Waals surface area contributed by atoms with Crippen molar-refractivity contribution in [2.45, 2.75) is 25.7 Å². The van der Waals surface area contributed by atoms with Crippen LogP contribution < -0.4 is 19.9 Å². The zero-order valence-corrected chi connectivity index (χ0v) is 20.3. The van der Waals surface area contributed by atoms with E-state index in [1.807, 2.05) is 0 Å². The van der Waals surface area contributed by atoms with Crippen LogP contribution in [0.5, 0.6) is 11.5 Å². The molecule has 36 heavy (non-hydrogen) atoms. The summed E-state index contributed by atoms with van der Waals surface area (Å²) in [5.41, 5.74) is -0.694. The molecule has 0 aliphatic carbocycles. The van der Waals surface area contributed by atoms with Gasteiger partial charge in [-0.05, 0) is 37.8 Å². The first-order valence-electron chi connectivity index (χ1n) is 9.96. The summed E-state index contributed by atoms with van der Waals surface area (Å²) in [4.78, 5) is 6.32. The first-order valence-corrected chi connectivity index (χ1v) is 12.8. The summed E-state index contributed by atoms with van der Waals surface area (Å²) >= 11 is -4.07. The van der Waals surface area contributed by atoms with Crippen LogP contribution in [0.15, 0.2) is 12.1 Å². The van der Waals surface area contributed by atoms with Crippen molar-refractivity contribution in [3.63, 3.8) is 0 Å². The van der Waals surface area contributed by atoms with E-state index >= 15 is 0 Å². The molecule has 194 valence electrons. The van der Waals surface area contributed by atoms with E-state index < -0.39 is 21.6 Å². The zero-order chi connectivity index (χ0) is 27.2. The summed E-state index contributed by atoms with van der Waals surface area (Å²) in [5, 5.41) is 18.8. The van der Waals surface area contributed by atoms with Crippen molar-refractivity contribution in [1.29, 1.82) is 10.5 Å². The van der Waals surface area contributed by atoms with Gasteiger partial charge in [-0.3, -0.25) is 22.4 Å². The fraction of sp³-hybridized carbons (Fsp3) is 0.400. The molecule has 4 N–H and O–H groups in total. The fourth-order valence-electron chi connectivity index (χ4n) is 2.57. The Morgan fingerprint density at radius 3 is 1.50 bits per heavy atom. The van der Waals surface area contributed by atoms with E-state index in [1.54, 1.807) is 12.1 Å². The van der Waals surface area contributed by atoms with Crippen molar-refractivity contribution in [1.82, 2.24) is 0 Å². The van der Waals surface area contributed by atoms with Crippen molar-refractivity contribution < 1.29 is 44.5 Å². The monoisotopic (exact) mass is 542 g/mol. The molecule has 0 spiro atoms. The second kappa shape index (κ2) is 14.9. The standard InChI is InChI=1S/C20H22N4O10S2/c1-23-17(13-21)15-11-20(32-8-4-6-10-34-36(28,29)30)16(18(14-22)24-2)12-19(15)31-7-3-5-9-33-35(25,26)27/h11-12,25-27H,3-10H2,(H,28,29,30)/b17-15-,18-16+. The van der Waals surface area contributed by atoms with Crippen LogP contribution in [0.3, 0.4) is 0 Å². The Balaban J connectivity index is 3.20. The number of unbranched alkanes of at least 4 members (excludes halogenated alkanes) is 2. The fourth-order valence-corrected chi connectivity index (χ4v) is 3.24. The molecule has 0 aliphatic heterocycles. The van der Waals surface area contributed by atoms with Gasteiger partial charge < -0.3 is 9.47 Å². The van der Waals surface area contributed by atoms with E-state index in [2.05, 4.69) is 18.1 Å². The van der Waals surface area contributed by atoms with E-state index in [0.29, 0.717) is 6.42 Å². The van der Waals surface area contributed by atoms with Gasteiger partial charge in [-0.1, -0.05) is 0 Å². The molecular formula is C20H22N4O10S2. The molecule has 0 amide bonds. The second-order valence-corrected chi connectivity index (χ2v) is 8.90. The molecule has 0 aliphatic rings.